The van der Waals surface area contributed by atoms with Crippen molar-refractivity contribution in [3.63, 3.8) is 0 Å². The first-order valence-corrected chi connectivity index (χ1v) is 14.0. The summed E-state index contributed by atoms with van der Waals surface area (Å²) in [5.41, 5.74) is -0.640. The Morgan fingerprint density at radius 2 is 1.78 bits per heavy atom. The maximum Gasteiger partial charge on any atom is 0.408 e. The topological polar surface area (TPSA) is 82.2 Å². The standard InChI is InChI=1S/C27H43FN4O4/c1-26(2,3)36-25(35)29-21-8-6-18(30(4)20-14-17(28)15-20)16-19-7-9-22(32(19)23(21)33)24(34)31-13-5-10-27(31)11-12-27/h17-22H,5-16H2,1-4H3,(H,29,35)/t17?,18-,19+,20?,21-,22-/m0/s1. The lowest BCUT2D eigenvalue weighted by molar-refractivity contribution is -0.148. The summed E-state index contributed by atoms with van der Waals surface area (Å²) in [6.07, 6.45) is 7.42. The molecule has 1 N–H and O–H groups in total. The van der Waals surface area contributed by atoms with Crippen molar-refractivity contribution in [3.8, 4) is 0 Å². The minimum atomic E-state index is -0.740. The molecule has 3 aliphatic heterocycles. The normalized spacial score (nSPS) is 35.8. The molecule has 0 radical (unpaired) electrons. The van der Waals surface area contributed by atoms with Crippen LogP contribution in [-0.4, -0.2) is 93.7 Å². The fraction of sp³-hybridized carbons (Fsp3) is 0.889. The van der Waals surface area contributed by atoms with Crippen molar-refractivity contribution in [2.45, 2.75) is 139 Å². The van der Waals surface area contributed by atoms with Gasteiger partial charge in [0.2, 0.25) is 11.8 Å². The molecule has 5 fully saturated rings. The van der Waals surface area contributed by atoms with E-state index in [2.05, 4.69) is 22.2 Å². The summed E-state index contributed by atoms with van der Waals surface area (Å²) in [5.74, 6) is -0.0825. The van der Waals surface area contributed by atoms with E-state index in [1.54, 1.807) is 20.8 Å². The molecule has 0 aromatic rings. The van der Waals surface area contributed by atoms with Crippen LogP contribution in [0.5, 0.6) is 0 Å². The lowest BCUT2D eigenvalue weighted by Crippen LogP contribution is -2.60. The highest BCUT2D eigenvalue weighted by atomic mass is 19.1. The van der Waals surface area contributed by atoms with Crippen LogP contribution in [-0.2, 0) is 14.3 Å². The second-order valence-corrected chi connectivity index (χ2v) is 12.9. The number of alkyl carbamates (subject to hydrolysis) is 1. The number of carbonyl (C=O) groups is 3. The van der Waals surface area contributed by atoms with E-state index >= 15 is 0 Å². The van der Waals surface area contributed by atoms with Crippen molar-refractivity contribution in [1.82, 2.24) is 20.0 Å². The molecule has 36 heavy (non-hydrogen) atoms. The number of ether oxygens (including phenoxy) is 1. The molecule has 4 atom stereocenters. The van der Waals surface area contributed by atoms with E-state index in [1.165, 1.54) is 0 Å². The molecule has 0 bridgehead atoms. The zero-order chi connectivity index (χ0) is 25.8. The van der Waals surface area contributed by atoms with E-state index in [0.717, 1.165) is 51.5 Å². The number of carbonyl (C=O) groups excluding carboxylic acids is 3. The molecule has 5 aliphatic rings. The number of hydrogen-bond acceptors (Lipinski definition) is 5. The Kier molecular flexibility index (Phi) is 6.75. The summed E-state index contributed by atoms with van der Waals surface area (Å²) < 4.78 is 19.1. The number of halogens is 1. The summed E-state index contributed by atoms with van der Waals surface area (Å²) in [4.78, 5) is 46.6. The van der Waals surface area contributed by atoms with Gasteiger partial charge >= 0.3 is 6.09 Å². The van der Waals surface area contributed by atoms with Gasteiger partial charge in [0.1, 0.15) is 23.9 Å². The molecule has 3 saturated heterocycles. The second kappa shape index (κ2) is 9.44. The smallest absolute Gasteiger partial charge is 0.408 e. The van der Waals surface area contributed by atoms with Crippen LogP contribution in [0, 0.1) is 0 Å². The Morgan fingerprint density at radius 1 is 1.06 bits per heavy atom. The van der Waals surface area contributed by atoms with Crippen molar-refractivity contribution >= 4 is 17.9 Å². The Hall–Kier alpha value is -1.90. The number of nitrogens with zero attached hydrogens (tertiary/aromatic N) is 3. The Balaban J connectivity index is 1.37. The summed E-state index contributed by atoms with van der Waals surface area (Å²) in [7, 11) is 2.06. The molecule has 3 heterocycles. The molecule has 9 heteroatoms. The molecule has 2 aliphatic carbocycles. The first kappa shape index (κ1) is 25.7. The van der Waals surface area contributed by atoms with Crippen LogP contribution in [0.4, 0.5) is 9.18 Å². The number of rotatable bonds is 4. The third-order valence-corrected chi connectivity index (χ3v) is 9.26. The third kappa shape index (κ3) is 4.96. The highest BCUT2D eigenvalue weighted by molar-refractivity contribution is 5.92. The average Bonchev–Trinajstić information content (AvgIpc) is 3.23. The van der Waals surface area contributed by atoms with Crippen LogP contribution in [0.3, 0.4) is 0 Å². The van der Waals surface area contributed by atoms with Crippen molar-refractivity contribution in [1.29, 1.82) is 0 Å². The van der Waals surface area contributed by atoms with Crippen LogP contribution < -0.4 is 5.32 Å². The number of fused-ring (bicyclic) bond motifs is 1. The highest BCUT2D eigenvalue weighted by Crippen LogP contribution is 2.50. The molecule has 8 nitrogen and oxygen atoms in total. The van der Waals surface area contributed by atoms with E-state index in [9.17, 15) is 18.8 Å². The molecule has 0 aromatic heterocycles. The van der Waals surface area contributed by atoms with Crippen molar-refractivity contribution in [2.75, 3.05) is 13.6 Å². The average molecular weight is 507 g/mol. The van der Waals surface area contributed by atoms with Gasteiger partial charge < -0.3 is 24.8 Å². The van der Waals surface area contributed by atoms with E-state index in [1.807, 2.05) is 4.90 Å². The van der Waals surface area contributed by atoms with E-state index in [0.29, 0.717) is 25.7 Å². The van der Waals surface area contributed by atoms with Crippen molar-refractivity contribution in [3.05, 3.63) is 0 Å². The summed E-state index contributed by atoms with van der Waals surface area (Å²) in [5, 5.41) is 2.83. The van der Waals surface area contributed by atoms with Gasteiger partial charge in [-0.05, 0) is 98.4 Å². The van der Waals surface area contributed by atoms with Gasteiger partial charge in [-0.1, -0.05) is 0 Å². The lowest BCUT2D eigenvalue weighted by Gasteiger charge is -2.45. The second-order valence-electron chi connectivity index (χ2n) is 12.9. The first-order valence-electron chi connectivity index (χ1n) is 14.0. The largest absolute Gasteiger partial charge is 0.444 e. The van der Waals surface area contributed by atoms with E-state index < -0.39 is 29.9 Å². The van der Waals surface area contributed by atoms with Gasteiger partial charge in [0.25, 0.3) is 0 Å². The van der Waals surface area contributed by atoms with Gasteiger partial charge in [-0.15, -0.1) is 0 Å². The maximum absolute atomic E-state index is 13.9. The number of likely N-dealkylation sites (tertiary alicyclic amines) is 1. The molecular weight excluding hydrogens is 463 g/mol. The van der Waals surface area contributed by atoms with Crippen LogP contribution in [0.15, 0.2) is 0 Å². The Labute approximate surface area is 214 Å². The van der Waals surface area contributed by atoms with Crippen molar-refractivity contribution < 1.29 is 23.5 Å². The minimum absolute atomic E-state index is 0.0327. The van der Waals surface area contributed by atoms with Gasteiger partial charge in [-0.25, -0.2) is 9.18 Å². The van der Waals surface area contributed by atoms with E-state index in [4.69, 9.17) is 4.74 Å². The predicted octanol–water partition coefficient (Wildman–Crippen LogP) is 3.38. The third-order valence-electron chi connectivity index (χ3n) is 9.26. The number of nitrogens with one attached hydrogen (secondary N) is 1. The Bertz CT molecular complexity index is 881. The van der Waals surface area contributed by atoms with E-state index in [-0.39, 0.29) is 35.5 Å². The molecule has 202 valence electrons. The molecule has 0 aromatic carbocycles. The van der Waals surface area contributed by atoms with Crippen molar-refractivity contribution in [2.24, 2.45) is 0 Å². The highest BCUT2D eigenvalue weighted by Gasteiger charge is 2.56. The summed E-state index contributed by atoms with van der Waals surface area (Å²) in [6, 6.07) is -0.883. The monoisotopic (exact) mass is 506 g/mol. The number of amides is 3. The maximum atomic E-state index is 13.9. The van der Waals surface area contributed by atoms with Crippen LogP contribution in [0.2, 0.25) is 0 Å². The minimum Gasteiger partial charge on any atom is -0.444 e. The van der Waals surface area contributed by atoms with Gasteiger partial charge in [-0.3, -0.25) is 9.59 Å². The van der Waals surface area contributed by atoms with Gasteiger partial charge in [0.15, 0.2) is 0 Å². The number of alkyl halides is 1. The van der Waals surface area contributed by atoms with Gasteiger partial charge in [0, 0.05) is 30.2 Å². The quantitative estimate of drug-likeness (QED) is 0.632. The predicted molar refractivity (Wildman–Crippen MR) is 133 cm³/mol. The van der Waals surface area contributed by atoms with Gasteiger partial charge in [-0.2, -0.15) is 0 Å². The molecule has 5 rings (SSSR count). The zero-order valence-corrected chi connectivity index (χ0v) is 22.3. The number of hydrogen-bond donors (Lipinski definition) is 1. The summed E-state index contributed by atoms with van der Waals surface area (Å²) >= 11 is 0. The fourth-order valence-corrected chi connectivity index (χ4v) is 7.02. The van der Waals surface area contributed by atoms with Crippen LogP contribution in [0.1, 0.15) is 91.4 Å². The lowest BCUT2D eigenvalue weighted by atomic mass is 9.86. The molecule has 0 unspecified atom stereocenters. The zero-order valence-electron chi connectivity index (χ0n) is 22.3. The Morgan fingerprint density at radius 3 is 2.42 bits per heavy atom. The molecule has 3 amide bonds. The van der Waals surface area contributed by atoms with Crippen LogP contribution in [0.25, 0.3) is 0 Å². The molecule has 2 saturated carbocycles. The van der Waals surface area contributed by atoms with Crippen LogP contribution >= 0.6 is 0 Å². The first-order chi connectivity index (χ1) is 17.0. The summed E-state index contributed by atoms with van der Waals surface area (Å²) in [6.45, 7) is 6.16. The molecule has 1 spiro atoms. The SMILES string of the molecule is CN(C1CC(F)C1)[C@H]1CC[C@H](NC(=O)OC(C)(C)C)C(=O)N2[C@H](CC[C@H]2C(=O)N2CCCC23CC3)C1. The van der Waals surface area contributed by atoms with Gasteiger partial charge in [0.05, 0.1) is 0 Å². The fourth-order valence-electron chi connectivity index (χ4n) is 7.02. The molecular formula is C27H43FN4O4.